The minimum absolute atomic E-state index is 0.0246. The first-order valence-corrected chi connectivity index (χ1v) is 8.08. The van der Waals surface area contributed by atoms with E-state index in [1.807, 2.05) is 54.6 Å². The van der Waals surface area contributed by atoms with Gasteiger partial charge >= 0.3 is 0 Å². The van der Waals surface area contributed by atoms with Crippen LogP contribution in [0.4, 0.5) is 0 Å². The van der Waals surface area contributed by atoms with Crippen LogP contribution in [0, 0.1) is 0 Å². The Kier molecular flexibility index (Phi) is 5.27. The normalized spacial score (nSPS) is 17.0. The summed E-state index contributed by atoms with van der Waals surface area (Å²) in [5, 5.41) is 6.18. The third kappa shape index (κ3) is 4.57. The molecule has 0 aromatic heterocycles. The maximum Gasteiger partial charge on any atom is 0.237 e. The topological polar surface area (TPSA) is 50.4 Å². The lowest BCUT2D eigenvalue weighted by molar-refractivity contribution is -0.122. The van der Waals surface area contributed by atoms with E-state index in [0.717, 1.165) is 36.3 Å². The van der Waals surface area contributed by atoms with Crippen molar-refractivity contribution in [3.63, 3.8) is 0 Å². The molecule has 0 aliphatic carbocycles. The lowest BCUT2D eigenvalue weighted by Crippen LogP contribution is -2.39. The monoisotopic (exact) mass is 310 g/mol. The molecule has 23 heavy (non-hydrogen) atoms. The van der Waals surface area contributed by atoms with Crippen LogP contribution in [-0.4, -0.2) is 18.5 Å². The molecular formula is C19H22N2O2. The molecule has 1 aliphatic heterocycles. The Balaban J connectivity index is 1.46. The molecule has 2 aromatic rings. The van der Waals surface area contributed by atoms with E-state index in [2.05, 4.69) is 10.6 Å². The van der Waals surface area contributed by atoms with E-state index in [4.69, 9.17) is 4.74 Å². The zero-order valence-corrected chi connectivity index (χ0v) is 13.1. The van der Waals surface area contributed by atoms with Gasteiger partial charge in [-0.05, 0) is 42.6 Å². The molecule has 1 heterocycles. The lowest BCUT2D eigenvalue weighted by Gasteiger charge is -2.11. The summed E-state index contributed by atoms with van der Waals surface area (Å²) in [4.78, 5) is 11.9. The fraction of sp³-hybridized carbons (Fsp3) is 0.316. The van der Waals surface area contributed by atoms with Crippen molar-refractivity contribution in [3.05, 3.63) is 65.7 Å². The van der Waals surface area contributed by atoms with Gasteiger partial charge in [-0.2, -0.15) is 0 Å². The second-order valence-corrected chi connectivity index (χ2v) is 5.78. The number of hydrogen-bond acceptors (Lipinski definition) is 3. The number of hydrogen-bond donors (Lipinski definition) is 2. The van der Waals surface area contributed by atoms with Gasteiger partial charge in [0.25, 0.3) is 0 Å². The van der Waals surface area contributed by atoms with Crippen LogP contribution in [0.1, 0.15) is 24.0 Å². The van der Waals surface area contributed by atoms with Crippen molar-refractivity contribution in [2.45, 2.75) is 32.0 Å². The lowest BCUT2D eigenvalue weighted by atomic mass is 10.2. The van der Waals surface area contributed by atoms with Gasteiger partial charge in [0.05, 0.1) is 6.04 Å². The molecule has 2 N–H and O–H groups in total. The molecule has 2 aromatic carbocycles. The van der Waals surface area contributed by atoms with Crippen LogP contribution >= 0.6 is 0 Å². The average molecular weight is 310 g/mol. The van der Waals surface area contributed by atoms with E-state index in [1.165, 1.54) is 0 Å². The molecule has 1 saturated heterocycles. The number of carbonyl (C=O) groups excluding carboxylic acids is 1. The summed E-state index contributed by atoms with van der Waals surface area (Å²) in [5.74, 6) is 0.924. The predicted molar refractivity (Wildman–Crippen MR) is 90.1 cm³/mol. The summed E-state index contributed by atoms with van der Waals surface area (Å²) in [5.41, 5.74) is 2.22. The molecule has 120 valence electrons. The van der Waals surface area contributed by atoms with Gasteiger partial charge in [0.1, 0.15) is 12.4 Å². The highest BCUT2D eigenvalue weighted by atomic mass is 16.5. The Labute approximate surface area is 136 Å². The number of benzene rings is 2. The summed E-state index contributed by atoms with van der Waals surface area (Å²) in [7, 11) is 0. The summed E-state index contributed by atoms with van der Waals surface area (Å²) in [6, 6.07) is 17.9. The summed E-state index contributed by atoms with van der Waals surface area (Å²) < 4.78 is 5.76. The van der Waals surface area contributed by atoms with Gasteiger partial charge in [0.2, 0.25) is 5.91 Å². The van der Waals surface area contributed by atoms with Crippen molar-refractivity contribution >= 4 is 5.91 Å². The molecule has 1 amide bonds. The Morgan fingerprint density at radius 1 is 1.09 bits per heavy atom. The van der Waals surface area contributed by atoms with Crippen LogP contribution < -0.4 is 15.4 Å². The van der Waals surface area contributed by atoms with Gasteiger partial charge in [0.15, 0.2) is 0 Å². The van der Waals surface area contributed by atoms with E-state index >= 15 is 0 Å². The molecule has 0 unspecified atom stereocenters. The van der Waals surface area contributed by atoms with E-state index in [1.54, 1.807) is 0 Å². The maximum atomic E-state index is 11.9. The van der Waals surface area contributed by atoms with Crippen molar-refractivity contribution in [2.75, 3.05) is 6.54 Å². The molecular weight excluding hydrogens is 288 g/mol. The number of ether oxygens (including phenoxy) is 1. The molecule has 0 bridgehead atoms. The molecule has 1 atom stereocenters. The predicted octanol–water partition coefficient (Wildman–Crippen LogP) is 2.63. The first-order chi connectivity index (χ1) is 11.3. The van der Waals surface area contributed by atoms with Crippen LogP contribution in [0.25, 0.3) is 0 Å². The highest BCUT2D eigenvalue weighted by Gasteiger charge is 2.21. The molecule has 1 aliphatic rings. The van der Waals surface area contributed by atoms with Crippen molar-refractivity contribution in [1.29, 1.82) is 0 Å². The van der Waals surface area contributed by atoms with Crippen molar-refractivity contribution in [3.8, 4) is 5.75 Å². The van der Waals surface area contributed by atoms with Crippen LogP contribution in [-0.2, 0) is 17.9 Å². The number of amides is 1. The van der Waals surface area contributed by atoms with Gasteiger partial charge in [-0.25, -0.2) is 0 Å². The largest absolute Gasteiger partial charge is 0.489 e. The molecule has 1 fully saturated rings. The molecule has 0 spiro atoms. The van der Waals surface area contributed by atoms with Crippen molar-refractivity contribution in [2.24, 2.45) is 0 Å². The Morgan fingerprint density at radius 2 is 1.87 bits per heavy atom. The SMILES string of the molecule is O=C(NCc1ccc(OCc2ccccc2)cc1)[C@@H]1CCCN1. The van der Waals surface area contributed by atoms with Crippen molar-refractivity contribution in [1.82, 2.24) is 10.6 Å². The Morgan fingerprint density at radius 3 is 2.57 bits per heavy atom. The molecule has 4 heteroatoms. The third-order valence-electron chi connectivity index (χ3n) is 4.02. The van der Waals surface area contributed by atoms with Gasteiger partial charge in [-0.1, -0.05) is 42.5 Å². The fourth-order valence-corrected chi connectivity index (χ4v) is 2.67. The molecule has 0 radical (unpaired) electrons. The van der Waals surface area contributed by atoms with E-state index in [-0.39, 0.29) is 11.9 Å². The molecule has 4 nitrogen and oxygen atoms in total. The second-order valence-electron chi connectivity index (χ2n) is 5.78. The van der Waals surface area contributed by atoms with E-state index < -0.39 is 0 Å². The van der Waals surface area contributed by atoms with Crippen molar-refractivity contribution < 1.29 is 9.53 Å². The zero-order valence-electron chi connectivity index (χ0n) is 13.1. The Bertz CT molecular complexity index is 620. The summed E-state index contributed by atoms with van der Waals surface area (Å²) in [6.07, 6.45) is 2.00. The number of carbonyl (C=O) groups is 1. The molecule has 0 saturated carbocycles. The average Bonchev–Trinajstić information content (AvgIpc) is 3.14. The van der Waals surface area contributed by atoms with Gasteiger partial charge < -0.3 is 15.4 Å². The second kappa shape index (κ2) is 7.79. The maximum absolute atomic E-state index is 11.9. The number of nitrogens with one attached hydrogen (secondary N) is 2. The summed E-state index contributed by atoms with van der Waals surface area (Å²) in [6.45, 7) is 2.05. The number of rotatable bonds is 6. The summed E-state index contributed by atoms with van der Waals surface area (Å²) >= 11 is 0. The zero-order chi connectivity index (χ0) is 15.9. The standard InChI is InChI=1S/C19H22N2O2/c22-19(18-7-4-12-20-18)21-13-15-8-10-17(11-9-15)23-14-16-5-2-1-3-6-16/h1-3,5-6,8-11,18,20H,4,7,12-14H2,(H,21,22)/t18-/m0/s1. The quantitative estimate of drug-likeness (QED) is 0.862. The van der Waals surface area contributed by atoms with Crippen LogP contribution in [0.2, 0.25) is 0 Å². The third-order valence-corrected chi connectivity index (χ3v) is 4.02. The Hall–Kier alpha value is -2.33. The fourth-order valence-electron chi connectivity index (χ4n) is 2.67. The highest BCUT2D eigenvalue weighted by Crippen LogP contribution is 2.14. The van der Waals surface area contributed by atoms with Gasteiger partial charge in [-0.3, -0.25) is 4.79 Å². The first-order valence-electron chi connectivity index (χ1n) is 8.08. The minimum Gasteiger partial charge on any atom is -0.489 e. The highest BCUT2D eigenvalue weighted by molar-refractivity contribution is 5.81. The smallest absolute Gasteiger partial charge is 0.237 e. The molecule has 3 rings (SSSR count). The van der Waals surface area contributed by atoms with Crippen LogP contribution in [0.5, 0.6) is 5.75 Å². The van der Waals surface area contributed by atoms with Crippen LogP contribution in [0.3, 0.4) is 0 Å². The minimum atomic E-state index is -0.0246. The van der Waals surface area contributed by atoms with E-state index in [9.17, 15) is 4.79 Å². The first kappa shape index (κ1) is 15.6. The van der Waals surface area contributed by atoms with E-state index in [0.29, 0.717) is 13.2 Å². The van der Waals surface area contributed by atoms with Gasteiger partial charge in [-0.15, -0.1) is 0 Å². The van der Waals surface area contributed by atoms with Crippen LogP contribution in [0.15, 0.2) is 54.6 Å². The van der Waals surface area contributed by atoms with Gasteiger partial charge in [0, 0.05) is 6.54 Å².